The number of carbonyl (C=O) groups is 2. The number of hydrogen-bond donors (Lipinski definition) is 2. The third-order valence-corrected chi connectivity index (χ3v) is 2.97. The summed E-state index contributed by atoms with van der Waals surface area (Å²) in [7, 11) is 0. The Morgan fingerprint density at radius 1 is 1.40 bits per heavy atom. The van der Waals surface area contributed by atoms with Crippen LogP contribution in [0.15, 0.2) is 0 Å². The standard InChI is InChI=1S/C10H17ClN2O2/c1-6-4-3-5-8(6)12-10(15)13-9(14)7(2)11/h6-8H,3-5H2,1-2H3,(H2,12,13,14,15). The molecule has 0 aromatic heterocycles. The number of imide groups is 1. The number of rotatable bonds is 2. The summed E-state index contributed by atoms with van der Waals surface area (Å²) in [5, 5.41) is 4.31. The van der Waals surface area contributed by atoms with Crippen molar-refractivity contribution in [2.45, 2.75) is 44.5 Å². The second-order valence-corrected chi connectivity index (χ2v) is 4.75. The fourth-order valence-electron chi connectivity index (χ4n) is 1.78. The van der Waals surface area contributed by atoms with Crippen molar-refractivity contribution in [1.82, 2.24) is 10.6 Å². The minimum absolute atomic E-state index is 0.184. The fraction of sp³-hybridized carbons (Fsp3) is 0.800. The van der Waals surface area contributed by atoms with Crippen molar-refractivity contribution in [2.75, 3.05) is 0 Å². The van der Waals surface area contributed by atoms with E-state index in [2.05, 4.69) is 17.6 Å². The normalized spacial score (nSPS) is 27.1. The van der Waals surface area contributed by atoms with E-state index in [-0.39, 0.29) is 6.04 Å². The maximum Gasteiger partial charge on any atom is 0.321 e. The van der Waals surface area contributed by atoms with Gasteiger partial charge in [-0.25, -0.2) is 4.79 Å². The van der Waals surface area contributed by atoms with Crippen molar-refractivity contribution >= 4 is 23.5 Å². The molecule has 0 spiro atoms. The monoisotopic (exact) mass is 232 g/mol. The quantitative estimate of drug-likeness (QED) is 0.711. The van der Waals surface area contributed by atoms with Crippen LogP contribution in [0, 0.1) is 5.92 Å². The van der Waals surface area contributed by atoms with Crippen LogP contribution in [0.5, 0.6) is 0 Å². The van der Waals surface area contributed by atoms with Gasteiger partial charge in [0.2, 0.25) is 5.91 Å². The van der Waals surface area contributed by atoms with E-state index in [9.17, 15) is 9.59 Å². The molecule has 15 heavy (non-hydrogen) atoms. The third kappa shape index (κ3) is 3.70. The van der Waals surface area contributed by atoms with Crippen molar-refractivity contribution < 1.29 is 9.59 Å². The van der Waals surface area contributed by atoms with Gasteiger partial charge in [-0.1, -0.05) is 13.3 Å². The smallest absolute Gasteiger partial charge is 0.321 e. The van der Waals surface area contributed by atoms with Crippen LogP contribution in [0.1, 0.15) is 33.1 Å². The van der Waals surface area contributed by atoms with E-state index in [0.29, 0.717) is 5.92 Å². The molecule has 1 aliphatic carbocycles. The SMILES string of the molecule is CC(Cl)C(=O)NC(=O)NC1CCCC1C. The lowest BCUT2D eigenvalue weighted by molar-refractivity contribution is -0.119. The maximum atomic E-state index is 11.4. The first-order valence-corrected chi connectivity index (χ1v) is 5.69. The van der Waals surface area contributed by atoms with E-state index in [1.807, 2.05) is 0 Å². The molecule has 5 heteroatoms. The van der Waals surface area contributed by atoms with Crippen molar-refractivity contribution in [2.24, 2.45) is 5.92 Å². The van der Waals surface area contributed by atoms with Crippen molar-refractivity contribution in [3.63, 3.8) is 0 Å². The first-order chi connectivity index (χ1) is 7.00. The topological polar surface area (TPSA) is 58.2 Å². The van der Waals surface area contributed by atoms with Crippen LogP contribution in [-0.2, 0) is 4.79 Å². The average molecular weight is 233 g/mol. The summed E-state index contributed by atoms with van der Waals surface area (Å²) in [4.78, 5) is 22.5. The molecule has 86 valence electrons. The van der Waals surface area contributed by atoms with Gasteiger partial charge in [-0.2, -0.15) is 0 Å². The Kier molecular flexibility index (Phi) is 4.39. The molecule has 3 unspecified atom stereocenters. The van der Waals surface area contributed by atoms with Crippen LogP contribution in [0.3, 0.4) is 0 Å². The second-order valence-electron chi connectivity index (χ2n) is 4.09. The number of halogens is 1. The number of hydrogen-bond acceptors (Lipinski definition) is 2. The fourth-order valence-corrected chi connectivity index (χ4v) is 1.83. The first kappa shape index (κ1) is 12.3. The van der Waals surface area contributed by atoms with Crippen LogP contribution in [0.25, 0.3) is 0 Å². The van der Waals surface area contributed by atoms with E-state index in [0.717, 1.165) is 19.3 Å². The molecule has 0 heterocycles. The van der Waals surface area contributed by atoms with Crippen LogP contribution in [0.4, 0.5) is 4.79 Å². The van der Waals surface area contributed by atoms with Crippen molar-refractivity contribution in [3.8, 4) is 0 Å². The maximum absolute atomic E-state index is 11.4. The van der Waals surface area contributed by atoms with E-state index in [1.54, 1.807) is 0 Å². The summed E-state index contributed by atoms with van der Waals surface area (Å²) in [5.41, 5.74) is 0. The number of nitrogens with one attached hydrogen (secondary N) is 2. The molecule has 1 saturated carbocycles. The Balaban J connectivity index is 2.32. The van der Waals surface area contributed by atoms with E-state index in [4.69, 9.17) is 11.6 Å². The van der Waals surface area contributed by atoms with Gasteiger partial charge < -0.3 is 5.32 Å². The molecule has 0 aliphatic heterocycles. The zero-order chi connectivity index (χ0) is 11.4. The summed E-state index contributed by atoms with van der Waals surface area (Å²) in [6.45, 7) is 3.63. The molecule has 1 aliphatic rings. The van der Waals surface area contributed by atoms with Crippen LogP contribution >= 0.6 is 11.6 Å². The Labute approximate surface area is 94.7 Å². The lowest BCUT2D eigenvalue weighted by Crippen LogP contribution is -2.47. The molecule has 0 bridgehead atoms. The third-order valence-electron chi connectivity index (χ3n) is 2.78. The van der Waals surface area contributed by atoms with Gasteiger partial charge in [-0.05, 0) is 25.7 Å². The molecular formula is C10H17ClN2O2. The molecule has 1 rings (SSSR count). The Hall–Kier alpha value is -0.770. The van der Waals surface area contributed by atoms with Crippen LogP contribution in [-0.4, -0.2) is 23.4 Å². The van der Waals surface area contributed by atoms with E-state index >= 15 is 0 Å². The van der Waals surface area contributed by atoms with Gasteiger partial charge in [0.05, 0.1) is 0 Å². The van der Waals surface area contributed by atoms with Crippen LogP contribution < -0.4 is 10.6 Å². The zero-order valence-corrected chi connectivity index (χ0v) is 9.80. The van der Waals surface area contributed by atoms with Crippen molar-refractivity contribution in [1.29, 1.82) is 0 Å². The number of amides is 3. The number of urea groups is 1. The Morgan fingerprint density at radius 2 is 2.07 bits per heavy atom. The van der Waals surface area contributed by atoms with Gasteiger partial charge in [-0.15, -0.1) is 11.6 Å². The molecule has 0 saturated heterocycles. The van der Waals surface area contributed by atoms with Gasteiger partial charge in [-0.3, -0.25) is 10.1 Å². The molecule has 0 aromatic carbocycles. The minimum Gasteiger partial charge on any atom is -0.335 e. The molecule has 3 amide bonds. The second kappa shape index (κ2) is 5.35. The molecule has 1 fully saturated rings. The van der Waals surface area contributed by atoms with E-state index < -0.39 is 17.3 Å². The molecular weight excluding hydrogens is 216 g/mol. The summed E-state index contributed by atoms with van der Waals surface area (Å²) in [6, 6.07) is -0.255. The summed E-state index contributed by atoms with van der Waals surface area (Å²) >= 11 is 5.53. The number of alkyl halides is 1. The predicted octanol–water partition coefficient (Wildman–Crippen LogP) is 1.63. The predicted molar refractivity (Wildman–Crippen MR) is 58.8 cm³/mol. The Bertz CT molecular complexity index is 256. The first-order valence-electron chi connectivity index (χ1n) is 5.26. The lowest BCUT2D eigenvalue weighted by atomic mass is 10.1. The zero-order valence-electron chi connectivity index (χ0n) is 9.05. The molecule has 2 N–H and O–H groups in total. The Morgan fingerprint density at radius 3 is 2.53 bits per heavy atom. The van der Waals surface area contributed by atoms with Crippen LogP contribution in [0.2, 0.25) is 0 Å². The molecule has 0 radical (unpaired) electrons. The van der Waals surface area contributed by atoms with Gasteiger partial charge in [0.25, 0.3) is 0 Å². The van der Waals surface area contributed by atoms with E-state index in [1.165, 1.54) is 6.92 Å². The molecule has 4 nitrogen and oxygen atoms in total. The highest BCUT2D eigenvalue weighted by molar-refractivity contribution is 6.31. The van der Waals surface area contributed by atoms with Gasteiger partial charge in [0.1, 0.15) is 5.38 Å². The minimum atomic E-state index is -0.684. The summed E-state index contributed by atoms with van der Waals surface area (Å²) in [5.74, 6) is 0.0269. The highest BCUT2D eigenvalue weighted by atomic mass is 35.5. The van der Waals surface area contributed by atoms with Gasteiger partial charge in [0.15, 0.2) is 0 Å². The lowest BCUT2D eigenvalue weighted by Gasteiger charge is -2.17. The highest BCUT2D eigenvalue weighted by Gasteiger charge is 2.25. The summed E-state index contributed by atoms with van der Waals surface area (Å²) in [6.07, 6.45) is 3.25. The number of carbonyl (C=O) groups excluding carboxylic acids is 2. The average Bonchev–Trinajstić information content (AvgIpc) is 2.51. The van der Waals surface area contributed by atoms with Gasteiger partial charge >= 0.3 is 6.03 Å². The summed E-state index contributed by atoms with van der Waals surface area (Å²) < 4.78 is 0. The van der Waals surface area contributed by atoms with Gasteiger partial charge in [0, 0.05) is 6.04 Å². The van der Waals surface area contributed by atoms with Crippen molar-refractivity contribution in [3.05, 3.63) is 0 Å². The molecule has 3 atom stereocenters. The molecule has 0 aromatic rings. The largest absolute Gasteiger partial charge is 0.335 e. The highest BCUT2D eigenvalue weighted by Crippen LogP contribution is 2.24.